The molecule has 0 radical (unpaired) electrons. The Hall–Kier alpha value is -1.39. The highest BCUT2D eigenvalue weighted by molar-refractivity contribution is 9.10. The molecule has 0 saturated heterocycles. The molecule has 2 heterocycles. The van der Waals surface area contributed by atoms with Crippen LogP contribution in [0.4, 0.5) is 5.69 Å². The van der Waals surface area contributed by atoms with E-state index in [2.05, 4.69) is 68.9 Å². The van der Waals surface area contributed by atoms with Gasteiger partial charge in [0.05, 0.1) is 17.2 Å². The molecule has 4 heteroatoms. The fourth-order valence-electron chi connectivity index (χ4n) is 2.08. The van der Waals surface area contributed by atoms with Crippen LogP contribution in [-0.2, 0) is 0 Å². The lowest BCUT2D eigenvalue weighted by Gasteiger charge is -2.15. The van der Waals surface area contributed by atoms with Crippen molar-refractivity contribution in [2.24, 2.45) is 0 Å². The maximum atomic E-state index is 4.46. The van der Waals surface area contributed by atoms with E-state index in [0.29, 0.717) is 0 Å². The van der Waals surface area contributed by atoms with E-state index in [1.54, 1.807) is 11.3 Å². The monoisotopic (exact) mass is 332 g/mol. The van der Waals surface area contributed by atoms with Crippen molar-refractivity contribution < 1.29 is 0 Å². The van der Waals surface area contributed by atoms with Crippen molar-refractivity contribution in [3.05, 3.63) is 57.3 Å². The number of halogens is 1. The largest absolute Gasteiger partial charge is 0.376 e. The van der Waals surface area contributed by atoms with Gasteiger partial charge in [0.1, 0.15) is 0 Å². The maximum Gasteiger partial charge on any atom is 0.0933 e. The molecule has 0 aliphatic heterocycles. The topological polar surface area (TPSA) is 24.9 Å². The molecule has 0 fully saturated rings. The number of para-hydroxylation sites is 1. The second-order valence-corrected chi connectivity index (χ2v) is 6.27. The molecule has 0 spiro atoms. The van der Waals surface area contributed by atoms with Crippen molar-refractivity contribution in [2.45, 2.75) is 13.0 Å². The van der Waals surface area contributed by atoms with Crippen LogP contribution in [0.2, 0.25) is 0 Å². The second kappa shape index (κ2) is 5.31. The molecule has 1 atom stereocenters. The lowest BCUT2D eigenvalue weighted by molar-refractivity contribution is 0.909. The molecule has 1 aromatic carbocycles. The fourth-order valence-corrected chi connectivity index (χ4v) is 3.53. The quantitative estimate of drug-likeness (QED) is 0.710. The van der Waals surface area contributed by atoms with Crippen molar-refractivity contribution in [3.8, 4) is 0 Å². The maximum absolute atomic E-state index is 4.46. The number of pyridine rings is 1. The van der Waals surface area contributed by atoms with Crippen molar-refractivity contribution in [1.82, 2.24) is 4.98 Å². The van der Waals surface area contributed by atoms with Crippen LogP contribution >= 0.6 is 27.3 Å². The minimum absolute atomic E-state index is 0.268. The predicted octanol–water partition coefficient (Wildman–Crippen LogP) is 5.23. The van der Waals surface area contributed by atoms with E-state index in [1.807, 2.05) is 12.3 Å². The summed E-state index contributed by atoms with van der Waals surface area (Å²) < 4.78 is 1.14. The molecule has 1 N–H and O–H groups in total. The van der Waals surface area contributed by atoms with Crippen LogP contribution in [0.3, 0.4) is 0 Å². The first-order valence-electron chi connectivity index (χ1n) is 6.08. The van der Waals surface area contributed by atoms with Crippen molar-refractivity contribution in [3.63, 3.8) is 0 Å². The lowest BCUT2D eigenvalue weighted by atomic mass is 10.1. The van der Waals surface area contributed by atoms with Gasteiger partial charge in [-0.05, 0) is 41.1 Å². The van der Waals surface area contributed by atoms with Crippen molar-refractivity contribution in [2.75, 3.05) is 5.32 Å². The van der Waals surface area contributed by atoms with Gasteiger partial charge in [-0.25, -0.2) is 0 Å². The summed E-state index contributed by atoms with van der Waals surface area (Å²) in [6, 6.07) is 12.7. The third-order valence-electron chi connectivity index (χ3n) is 3.02. The molecule has 3 aromatic rings. The van der Waals surface area contributed by atoms with E-state index in [4.69, 9.17) is 0 Å². The van der Waals surface area contributed by atoms with E-state index in [-0.39, 0.29) is 6.04 Å². The smallest absolute Gasteiger partial charge is 0.0933 e. The van der Waals surface area contributed by atoms with Crippen LogP contribution < -0.4 is 5.32 Å². The third-order valence-corrected chi connectivity index (χ3v) is 4.90. The number of fused-ring (bicyclic) bond motifs is 1. The number of hydrogen-bond acceptors (Lipinski definition) is 3. The normalized spacial score (nSPS) is 12.5. The molecular weight excluding hydrogens is 320 g/mol. The first kappa shape index (κ1) is 12.6. The Balaban J connectivity index is 1.93. The highest BCUT2D eigenvalue weighted by Crippen LogP contribution is 2.30. The van der Waals surface area contributed by atoms with Crippen LogP contribution in [0.25, 0.3) is 10.9 Å². The van der Waals surface area contributed by atoms with E-state index in [9.17, 15) is 0 Å². The van der Waals surface area contributed by atoms with Gasteiger partial charge < -0.3 is 5.32 Å². The zero-order valence-corrected chi connectivity index (χ0v) is 12.8. The van der Waals surface area contributed by atoms with E-state index < -0.39 is 0 Å². The van der Waals surface area contributed by atoms with Gasteiger partial charge in [-0.3, -0.25) is 4.98 Å². The number of nitrogens with zero attached hydrogens (tertiary/aromatic N) is 1. The summed E-state index contributed by atoms with van der Waals surface area (Å²) in [6.45, 7) is 2.17. The van der Waals surface area contributed by atoms with Gasteiger partial charge in [-0.1, -0.05) is 18.2 Å². The third kappa shape index (κ3) is 2.65. The zero-order valence-electron chi connectivity index (χ0n) is 10.4. The summed E-state index contributed by atoms with van der Waals surface area (Å²) >= 11 is 5.25. The molecule has 1 unspecified atom stereocenters. The Kier molecular flexibility index (Phi) is 3.53. The van der Waals surface area contributed by atoms with Crippen LogP contribution in [0.5, 0.6) is 0 Å². The van der Waals surface area contributed by atoms with Gasteiger partial charge in [-0.2, -0.15) is 0 Å². The molecule has 2 aromatic heterocycles. The molecule has 0 amide bonds. The second-order valence-electron chi connectivity index (χ2n) is 4.41. The molecule has 0 saturated carbocycles. The molecule has 0 bridgehead atoms. The minimum Gasteiger partial charge on any atom is -0.376 e. The molecule has 96 valence electrons. The summed E-state index contributed by atoms with van der Waals surface area (Å²) in [5.74, 6) is 0. The first-order valence-corrected chi connectivity index (χ1v) is 7.75. The van der Waals surface area contributed by atoms with E-state index in [0.717, 1.165) is 21.1 Å². The van der Waals surface area contributed by atoms with Crippen LogP contribution in [0, 0.1) is 0 Å². The molecule has 0 aliphatic rings. The molecule has 2 nitrogen and oxygen atoms in total. The van der Waals surface area contributed by atoms with Gasteiger partial charge in [0.15, 0.2) is 0 Å². The average molecular weight is 333 g/mol. The van der Waals surface area contributed by atoms with Gasteiger partial charge in [0.25, 0.3) is 0 Å². The number of thiophene rings is 1. The molecule has 19 heavy (non-hydrogen) atoms. The fraction of sp³-hybridized carbons (Fsp3) is 0.133. The number of rotatable bonds is 3. The van der Waals surface area contributed by atoms with Gasteiger partial charge in [0, 0.05) is 26.3 Å². The predicted molar refractivity (Wildman–Crippen MR) is 85.8 cm³/mol. The van der Waals surface area contributed by atoms with E-state index >= 15 is 0 Å². The molecule has 3 rings (SSSR count). The van der Waals surface area contributed by atoms with Gasteiger partial charge in [-0.15, -0.1) is 11.3 Å². The summed E-state index contributed by atoms with van der Waals surface area (Å²) in [5.41, 5.74) is 2.10. The van der Waals surface area contributed by atoms with Gasteiger partial charge in [0.2, 0.25) is 0 Å². The van der Waals surface area contributed by atoms with Crippen LogP contribution in [-0.4, -0.2) is 4.98 Å². The molecule has 0 aliphatic carbocycles. The highest BCUT2D eigenvalue weighted by Gasteiger charge is 2.10. The standard InChI is InChI=1S/C15H13BrN2S/c1-10(14-8-12(16)9-19-14)18-13-6-2-4-11-5-3-7-17-15(11)13/h2-10,18H,1H3. The first-order chi connectivity index (χ1) is 9.24. The Bertz CT molecular complexity index is 703. The number of nitrogens with one attached hydrogen (secondary N) is 1. The summed E-state index contributed by atoms with van der Waals surface area (Å²) in [7, 11) is 0. The highest BCUT2D eigenvalue weighted by atomic mass is 79.9. The Morgan fingerprint density at radius 1 is 1.26 bits per heavy atom. The van der Waals surface area contributed by atoms with Gasteiger partial charge >= 0.3 is 0 Å². The Morgan fingerprint density at radius 3 is 2.89 bits per heavy atom. The number of hydrogen-bond donors (Lipinski definition) is 1. The summed E-state index contributed by atoms with van der Waals surface area (Å²) in [5, 5.41) is 6.81. The van der Waals surface area contributed by atoms with Crippen molar-refractivity contribution in [1.29, 1.82) is 0 Å². The number of benzene rings is 1. The summed E-state index contributed by atoms with van der Waals surface area (Å²) in [4.78, 5) is 5.77. The zero-order chi connectivity index (χ0) is 13.2. The van der Waals surface area contributed by atoms with Crippen molar-refractivity contribution >= 4 is 43.9 Å². The molecular formula is C15H13BrN2S. The number of aromatic nitrogens is 1. The Labute approximate surface area is 124 Å². The Morgan fingerprint density at radius 2 is 2.11 bits per heavy atom. The van der Waals surface area contributed by atoms with Crippen LogP contribution in [0.1, 0.15) is 17.8 Å². The van der Waals surface area contributed by atoms with E-state index in [1.165, 1.54) is 4.88 Å². The van der Waals surface area contributed by atoms with Crippen LogP contribution in [0.15, 0.2) is 52.4 Å². The lowest BCUT2D eigenvalue weighted by Crippen LogP contribution is -2.05. The SMILES string of the molecule is CC(Nc1cccc2cccnc12)c1cc(Br)cs1. The minimum atomic E-state index is 0.268. The number of anilines is 1. The average Bonchev–Trinajstić information content (AvgIpc) is 2.86. The summed E-state index contributed by atoms with van der Waals surface area (Å²) in [6.07, 6.45) is 1.83.